The third-order valence-corrected chi connectivity index (χ3v) is 5.37. The Morgan fingerprint density at radius 3 is 2.46 bits per heavy atom. The van der Waals surface area contributed by atoms with Crippen molar-refractivity contribution in [3.63, 3.8) is 0 Å². The minimum Gasteiger partial charge on any atom is -0.343 e. The highest BCUT2D eigenvalue weighted by Crippen LogP contribution is 2.15. The van der Waals surface area contributed by atoms with E-state index in [1.807, 2.05) is 37.1 Å². The molecule has 3 rings (SSSR count). The Hall–Kier alpha value is -2.34. The van der Waals surface area contributed by atoms with E-state index >= 15 is 0 Å². The molecule has 0 fully saturated rings. The fourth-order valence-electron chi connectivity index (χ4n) is 2.71. The third kappa shape index (κ3) is 3.76. The standard InChI is InChI=1S/C18H21N3O2S/c1-14-8-10-17(11-9-14)24(22,23)20-18-19-16(13-21(18)2)12-15-6-4-3-5-7-15/h3-11,16H,12-13H2,1-2H3,(H,19,20). The number of benzene rings is 2. The van der Waals surface area contributed by atoms with Gasteiger partial charge in [-0.1, -0.05) is 48.0 Å². The number of nitrogens with one attached hydrogen (secondary N) is 1. The topological polar surface area (TPSA) is 61.8 Å². The second kappa shape index (κ2) is 6.65. The van der Waals surface area contributed by atoms with Gasteiger partial charge in [0.2, 0.25) is 5.96 Å². The first-order valence-electron chi connectivity index (χ1n) is 7.86. The molecule has 5 nitrogen and oxygen atoms in total. The number of nitrogens with zero attached hydrogens (tertiary/aromatic N) is 2. The third-order valence-electron chi connectivity index (χ3n) is 4.02. The van der Waals surface area contributed by atoms with E-state index in [1.54, 1.807) is 24.3 Å². The molecule has 2 aromatic rings. The Kier molecular flexibility index (Phi) is 4.57. The van der Waals surface area contributed by atoms with Crippen molar-refractivity contribution in [3.8, 4) is 0 Å². The minimum absolute atomic E-state index is 0.0492. The van der Waals surface area contributed by atoms with Crippen molar-refractivity contribution in [3.05, 3.63) is 65.7 Å². The van der Waals surface area contributed by atoms with Gasteiger partial charge in [-0.25, -0.2) is 18.1 Å². The van der Waals surface area contributed by atoms with Gasteiger partial charge in [0.05, 0.1) is 10.9 Å². The van der Waals surface area contributed by atoms with Crippen LogP contribution in [0.25, 0.3) is 0 Å². The van der Waals surface area contributed by atoms with Crippen LogP contribution in [0.2, 0.25) is 0 Å². The lowest BCUT2D eigenvalue weighted by atomic mass is 10.1. The van der Waals surface area contributed by atoms with E-state index in [0.717, 1.165) is 12.0 Å². The Labute approximate surface area is 143 Å². The molecular weight excluding hydrogens is 322 g/mol. The molecule has 1 N–H and O–H groups in total. The quantitative estimate of drug-likeness (QED) is 0.926. The van der Waals surface area contributed by atoms with Gasteiger partial charge in [-0.05, 0) is 31.0 Å². The molecule has 0 radical (unpaired) electrons. The van der Waals surface area contributed by atoms with E-state index in [4.69, 9.17) is 0 Å². The first-order valence-corrected chi connectivity index (χ1v) is 9.35. The molecule has 2 aromatic carbocycles. The molecule has 0 bridgehead atoms. The predicted octanol–water partition coefficient (Wildman–Crippen LogP) is 2.19. The van der Waals surface area contributed by atoms with E-state index in [9.17, 15) is 8.42 Å². The van der Waals surface area contributed by atoms with Crippen molar-refractivity contribution in [1.82, 2.24) is 9.62 Å². The number of aryl methyl sites for hydroxylation is 1. The summed E-state index contributed by atoms with van der Waals surface area (Å²) in [6.07, 6.45) is 0.793. The molecule has 126 valence electrons. The summed E-state index contributed by atoms with van der Waals surface area (Å²) in [5.74, 6) is 0.400. The maximum Gasteiger partial charge on any atom is 0.264 e. The highest BCUT2D eigenvalue weighted by atomic mass is 32.2. The first-order chi connectivity index (χ1) is 11.4. The Balaban J connectivity index is 1.74. The summed E-state index contributed by atoms with van der Waals surface area (Å²) >= 11 is 0. The number of aliphatic imine (C=N–C) groups is 1. The summed E-state index contributed by atoms with van der Waals surface area (Å²) in [4.78, 5) is 6.64. The molecule has 1 atom stereocenters. The second-order valence-electron chi connectivity index (χ2n) is 6.10. The Morgan fingerprint density at radius 1 is 1.12 bits per heavy atom. The van der Waals surface area contributed by atoms with Crippen molar-refractivity contribution < 1.29 is 8.42 Å². The molecule has 1 unspecified atom stereocenters. The van der Waals surface area contributed by atoms with Gasteiger partial charge in [0.25, 0.3) is 10.0 Å². The van der Waals surface area contributed by atoms with Crippen molar-refractivity contribution in [1.29, 1.82) is 0 Å². The number of hydrogen-bond acceptors (Lipinski definition) is 4. The van der Waals surface area contributed by atoms with E-state index in [-0.39, 0.29) is 10.9 Å². The van der Waals surface area contributed by atoms with Crippen LogP contribution in [0.1, 0.15) is 11.1 Å². The summed E-state index contributed by atoms with van der Waals surface area (Å²) < 4.78 is 27.6. The average Bonchev–Trinajstić information content (AvgIpc) is 2.87. The first kappa shape index (κ1) is 16.5. The van der Waals surface area contributed by atoms with Gasteiger partial charge in [-0.2, -0.15) is 0 Å². The highest BCUT2D eigenvalue weighted by molar-refractivity contribution is 7.90. The number of rotatable bonds is 4. The molecule has 0 amide bonds. The molecule has 0 saturated heterocycles. The van der Waals surface area contributed by atoms with Crippen LogP contribution in [0.4, 0.5) is 0 Å². The van der Waals surface area contributed by atoms with Gasteiger partial charge in [-0.15, -0.1) is 0 Å². The fourth-order valence-corrected chi connectivity index (χ4v) is 3.77. The lowest BCUT2D eigenvalue weighted by Gasteiger charge is -2.16. The number of likely N-dealkylation sites (N-methyl/N-ethyl adjacent to an activating group) is 1. The van der Waals surface area contributed by atoms with Crippen LogP contribution >= 0.6 is 0 Å². The molecule has 24 heavy (non-hydrogen) atoms. The molecule has 6 heteroatoms. The largest absolute Gasteiger partial charge is 0.343 e. The minimum atomic E-state index is -3.61. The SMILES string of the molecule is Cc1ccc(S(=O)(=O)NC2=NC(Cc3ccccc3)CN2C)cc1. The molecule has 0 aromatic heterocycles. The molecular formula is C18H21N3O2S. The molecule has 0 spiro atoms. The van der Waals surface area contributed by atoms with E-state index < -0.39 is 10.0 Å². The monoisotopic (exact) mass is 343 g/mol. The van der Waals surface area contributed by atoms with Crippen LogP contribution in [-0.4, -0.2) is 38.9 Å². The second-order valence-corrected chi connectivity index (χ2v) is 7.78. The maximum absolute atomic E-state index is 12.5. The van der Waals surface area contributed by atoms with E-state index in [0.29, 0.717) is 12.5 Å². The summed E-state index contributed by atoms with van der Waals surface area (Å²) in [7, 11) is -1.76. The van der Waals surface area contributed by atoms with Crippen LogP contribution in [0.5, 0.6) is 0 Å². The average molecular weight is 343 g/mol. The van der Waals surface area contributed by atoms with Gasteiger partial charge in [-0.3, -0.25) is 0 Å². The van der Waals surface area contributed by atoms with Crippen molar-refractivity contribution >= 4 is 16.0 Å². The lowest BCUT2D eigenvalue weighted by molar-refractivity contribution is 0.489. The van der Waals surface area contributed by atoms with Crippen molar-refractivity contribution in [2.75, 3.05) is 13.6 Å². The van der Waals surface area contributed by atoms with Crippen molar-refractivity contribution in [2.24, 2.45) is 4.99 Å². The fraction of sp³-hybridized carbons (Fsp3) is 0.278. The molecule has 0 saturated carbocycles. The van der Waals surface area contributed by atoms with Gasteiger partial charge >= 0.3 is 0 Å². The van der Waals surface area contributed by atoms with Gasteiger partial charge in [0.1, 0.15) is 0 Å². The lowest BCUT2D eigenvalue weighted by Crippen LogP contribution is -2.39. The predicted molar refractivity (Wildman–Crippen MR) is 95.5 cm³/mol. The summed E-state index contributed by atoms with van der Waals surface area (Å²) in [6, 6.07) is 16.9. The van der Waals surface area contributed by atoms with Crippen LogP contribution in [0, 0.1) is 6.92 Å². The zero-order valence-corrected chi connectivity index (χ0v) is 14.6. The number of hydrogen-bond donors (Lipinski definition) is 1. The summed E-state index contributed by atoms with van der Waals surface area (Å²) in [6.45, 7) is 2.62. The highest BCUT2D eigenvalue weighted by Gasteiger charge is 2.26. The summed E-state index contributed by atoms with van der Waals surface area (Å²) in [5.41, 5.74) is 2.22. The Morgan fingerprint density at radius 2 is 1.79 bits per heavy atom. The maximum atomic E-state index is 12.5. The van der Waals surface area contributed by atoms with Crippen LogP contribution in [-0.2, 0) is 16.4 Å². The number of guanidine groups is 1. The smallest absolute Gasteiger partial charge is 0.264 e. The summed E-state index contributed by atoms with van der Waals surface area (Å²) in [5, 5.41) is 0. The normalized spacial score (nSPS) is 17.7. The van der Waals surface area contributed by atoms with Gasteiger partial charge in [0, 0.05) is 13.6 Å². The van der Waals surface area contributed by atoms with E-state index in [2.05, 4.69) is 21.8 Å². The van der Waals surface area contributed by atoms with Gasteiger partial charge < -0.3 is 4.90 Å². The molecule has 1 aliphatic heterocycles. The molecule has 0 aliphatic carbocycles. The van der Waals surface area contributed by atoms with Crippen LogP contribution in [0.15, 0.2) is 64.5 Å². The van der Waals surface area contributed by atoms with Crippen molar-refractivity contribution in [2.45, 2.75) is 24.3 Å². The number of sulfonamides is 1. The molecule has 1 aliphatic rings. The zero-order valence-electron chi connectivity index (χ0n) is 13.8. The zero-order chi connectivity index (χ0) is 17.2. The van der Waals surface area contributed by atoms with Gasteiger partial charge in [0.15, 0.2) is 0 Å². The van der Waals surface area contributed by atoms with E-state index in [1.165, 1.54) is 5.56 Å². The van der Waals surface area contributed by atoms with Crippen LogP contribution < -0.4 is 4.72 Å². The molecule has 1 heterocycles. The Bertz CT molecular complexity index is 830. The van der Waals surface area contributed by atoms with Crippen LogP contribution in [0.3, 0.4) is 0 Å².